The molecule has 3 rings (SSSR count). The van der Waals surface area contributed by atoms with Gasteiger partial charge in [-0.2, -0.15) is 0 Å². The summed E-state index contributed by atoms with van der Waals surface area (Å²) in [6, 6.07) is 0. The molecular formula is C16H26N4. The molecule has 0 unspecified atom stereocenters. The van der Waals surface area contributed by atoms with Crippen LogP contribution < -0.4 is 10.6 Å². The summed E-state index contributed by atoms with van der Waals surface area (Å²) in [7, 11) is 1.93. The Labute approximate surface area is 121 Å². The van der Waals surface area contributed by atoms with Gasteiger partial charge >= 0.3 is 0 Å². The number of aromatic nitrogens is 2. The Bertz CT molecular complexity index is 501. The van der Waals surface area contributed by atoms with E-state index in [9.17, 15) is 0 Å². The fourth-order valence-corrected chi connectivity index (χ4v) is 3.05. The van der Waals surface area contributed by atoms with Crippen molar-refractivity contribution in [2.75, 3.05) is 24.2 Å². The number of hydrogen-bond acceptors (Lipinski definition) is 4. The van der Waals surface area contributed by atoms with Crippen molar-refractivity contribution in [3.63, 3.8) is 0 Å². The van der Waals surface area contributed by atoms with E-state index in [1.807, 2.05) is 7.05 Å². The van der Waals surface area contributed by atoms with Gasteiger partial charge in [0.25, 0.3) is 0 Å². The van der Waals surface area contributed by atoms with Crippen LogP contribution in [0.25, 0.3) is 0 Å². The van der Waals surface area contributed by atoms with Crippen molar-refractivity contribution in [1.29, 1.82) is 0 Å². The second kappa shape index (κ2) is 4.90. The summed E-state index contributed by atoms with van der Waals surface area (Å²) in [4.78, 5) is 9.32. The quantitative estimate of drug-likeness (QED) is 0.833. The molecule has 20 heavy (non-hydrogen) atoms. The minimum absolute atomic E-state index is 0.349. The molecule has 1 aromatic heterocycles. The third-order valence-electron chi connectivity index (χ3n) is 4.86. The average molecular weight is 274 g/mol. The van der Waals surface area contributed by atoms with Crippen LogP contribution in [-0.2, 0) is 0 Å². The van der Waals surface area contributed by atoms with Gasteiger partial charge in [-0.1, -0.05) is 13.8 Å². The summed E-state index contributed by atoms with van der Waals surface area (Å²) < 4.78 is 0. The molecule has 2 N–H and O–H groups in total. The van der Waals surface area contributed by atoms with E-state index in [1.54, 1.807) is 0 Å². The maximum Gasteiger partial charge on any atom is 0.135 e. The Hall–Kier alpha value is -1.32. The van der Waals surface area contributed by atoms with Gasteiger partial charge in [0.05, 0.1) is 0 Å². The van der Waals surface area contributed by atoms with E-state index in [1.165, 1.54) is 25.7 Å². The first-order valence-electron chi connectivity index (χ1n) is 7.86. The van der Waals surface area contributed by atoms with Crippen molar-refractivity contribution in [1.82, 2.24) is 9.97 Å². The first-order valence-corrected chi connectivity index (χ1v) is 7.86. The molecule has 0 bridgehead atoms. The highest BCUT2D eigenvalue weighted by atomic mass is 15.1. The first kappa shape index (κ1) is 13.7. The van der Waals surface area contributed by atoms with E-state index in [2.05, 4.69) is 36.4 Å². The second-order valence-electron chi connectivity index (χ2n) is 6.80. The summed E-state index contributed by atoms with van der Waals surface area (Å²) in [6.45, 7) is 7.45. The fourth-order valence-electron chi connectivity index (χ4n) is 3.05. The van der Waals surface area contributed by atoms with E-state index >= 15 is 0 Å². The van der Waals surface area contributed by atoms with Gasteiger partial charge < -0.3 is 10.6 Å². The van der Waals surface area contributed by atoms with Crippen molar-refractivity contribution >= 4 is 11.6 Å². The number of nitrogens with zero attached hydrogens (tertiary/aromatic N) is 2. The molecule has 0 radical (unpaired) electrons. The van der Waals surface area contributed by atoms with Crippen molar-refractivity contribution in [3.8, 4) is 0 Å². The molecule has 0 atom stereocenters. The van der Waals surface area contributed by atoms with Gasteiger partial charge in [-0.25, -0.2) is 9.97 Å². The zero-order valence-electron chi connectivity index (χ0n) is 13.1. The Balaban J connectivity index is 1.78. The van der Waals surface area contributed by atoms with Crippen molar-refractivity contribution in [3.05, 3.63) is 11.4 Å². The van der Waals surface area contributed by atoms with Crippen LogP contribution in [-0.4, -0.2) is 23.6 Å². The topological polar surface area (TPSA) is 49.8 Å². The van der Waals surface area contributed by atoms with Crippen LogP contribution in [0.4, 0.5) is 11.6 Å². The van der Waals surface area contributed by atoms with Crippen LogP contribution in [0.1, 0.15) is 56.8 Å². The van der Waals surface area contributed by atoms with E-state index in [0.29, 0.717) is 11.3 Å². The van der Waals surface area contributed by atoms with Gasteiger partial charge in [-0.15, -0.1) is 0 Å². The molecule has 1 aromatic rings. The summed E-state index contributed by atoms with van der Waals surface area (Å²) in [5.74, 6) is 4.20. The zero-order chi connectivity index (χ0) is 14.3. The zero-order valence-corrected chi connectivity index (χ0v) is 13.1. The Morgan fingerprint density at radius 2 is 1.85 bits per heavy atom. The van der Waals surface area contributed by atoms with Crippen molar-refractivity contribution in [2.45, 2.75) is 52.4 Å². The minimum atomic E-state index is 0.349. The summed E-state index contributed by atoms with van der Waals surface area (Å²) in [6.07, 6.45) is 5.66. The highest BCUT2D eigenvalue weighted by Crippen LogP contribution is 2.61. The van der Waals surface area contributed by atoms with Crippen LogP contribution in [0.15, 0.2) is 0 Å². The average Bonchev–Trinajstić information content (AvgIpc) is 3.28. The van der Waals surface area contributed by atoms with Gasteiger partial charge in [0, 0.05) is 25.1 Å². The maximum absolute atomic E-state index is 4.73. The van der Waals surface area contributed by atoms with Crippen molar-refractivity contribution in [2.24, 2.45) is 11.3 Å². The Morgan fingerprint density at radius 1 is 1.20 bits per heavy atom. The van der Waals surface area contributed by atoms with Crippen LogP contribution in [0, 0.1) is 18.3 Å². The molecule has 0 saturated heterocycles. The van der Waals surface area contributed by atoms with Gasteiger partial charge in [0.15, 0.2) is 0 Å². The monoisotopic (exact) mass is 274 g/mol. The third kappa shape index (κ3) is 2.48. The highest BCUT2D eigenvalue weighted by Gasteiger charge is 2.53. The third-order valence-corrected chi connectivity index (χ3v) is 4.86. The number of rotatable bonds is 6. The summed E-state index contributed by atoms with van der Waals surface area (Å²) >= 11 is 0. The van der Waals surface area contributed by atoms with E-state index in [4.69, 9.17) is 4.98 Å². The van der Waals surface area contributed by atoms with Crippen LogP contribution in [0.3, 0.4) is 0 Å². The maximum atomic E-state index is 4.73. The van der Waals surface area contributed by atoms with Crippen LogP contribution in [0.5, 0.6) is 0 Å². The minimum Gasteiger partial charge on any atom is -0.373 e. The van der Waals surface area contributed by atoms with Gasteiger partial charge in [0.1, 0.15) is 17.5 Å². The molecule has 1 heterocycles. The standard InChI is InChI=1S/C16H26N4/c1-10(2)13-19-14(17-4)11(3)15(20-13)18-9-16(7-8-16)12-5-6-12/h10,12H,5-9H2,1-4H3,(H2,17,18,19,20). The Morgan fingerprint density at radius 3 is 2.35 bits per heavy atom. The van der Waals surface area contributed by atoms with E-state index in [0.717, 1.165) is 35.5 Å². The molecule has 4 heteroatoms. The highest BCUT2D eigenvalue weighted by molar-refractivity contribution is 5.57. The van der Waals surface area contributed by atoms with Crippen molar-refractivity contribution < 1.29 is 0 Å². The van der Waals surface area contributed by atoms with E-state index < -0.39 is 0 Å². The molecule has 2 aliphatic carbocycles. The van der Waals surface area contributed by atoms with Gasteiger partial charge in [0.2, 0.25) is 0 Å². The lowest BCUT2D eigenvalue weighted by Gasteiger charge is -2.19. The molecule has 0 spiro atoms. The lowest BCUT2D eigenvalue weighted by atomic mass is 10.0. The molecular weight excluding hydrogens is 248 g/mol. The summed E-state index contributed by atoms with van der Waals surface area (Å²) in [5, 5.41) is 6.80. The number of nitrogens with one attached hydrogen (secondary N) is 2. The molecule has 0 aromatic carbocycles. The Kier molecular flexibility index (Phi) is 3.35. The largest absolute Gasteiger partial charge is 0.373 e. The molecule has 4 nitrogen and oxygen atoms in total. The lowest BCUT2D eigenvalue weighted by molar-refractivity contribution is 0.466. The summed E-state index contributed by atoms with van der Waals surface area (Å²) in [5.41, 5.74) is 1.72. The van der Waals surface area contributed by atoms with Gasteiger partial charge in [-0.05, 0) is 43.9 Å². The fraction of sp³-hybridized carbons (Fsp3) is 0.750. The first-order chi connectivity index (χ1) is 9.55. The molecule has 2 saturated carbocycles. The molecule has 110 valence electrons. The predicted octanol–water partition coefficient (Wildman–Crippen LogP) is 3.55. The SMILES string of the molecule is CNc1nc(C(C)C)nc(NCC2(C3CC3)CC2)c1C. The number of hydrogen-bond donors (Lipinski definition) is 2. The molecule has 2 aliphatic rings. The van der Waals surface area contributed by atoms with Crippen LogP contribution >= 0.6 is 0 Å². The molecule has 0 aliphatic heterocycles. The van der Waals surface area contributed by atoms with Crippen LogP contribution in [0.2, 0.25) is 0 Å². The predicted molar refractivity (Wildman–Crippen MR) is 83.3 cm³/mol. The lowest BCUT2D eigenvalue weighted by Crippen LogP contribution is -2.19. The number of anilines is 2. The molecule has 0 amide bonds. The normalized spacial score (nSPS) is 20.1. The molecule has 2 fully saturated rings. The smallest absolute Gasteiger partial charge is 0.135 e. The second-order valence-corrected chi connectivity index (χ2v) is 6.80. The van der Waals surface area contributed by atoms with Gasteiger partial charge in [-0.3, -0.25) is 0 Å². The van der Waals surface area contributed by atoms with E-state index in [-0.39, 0.29) is 0 Å².